The summed E-state index contributed by atoms with van der Waals surface area (Å²) in [4.78, 5) is 80.5. The van der Waals surface area contributed by atoms with E-state index in [4.69, 9.17) is 0 Å². The molecule has 2 aromatic rings. The maximum atomic E-state index is 13.3. The normalized spacial score (nSPS) is 24.1. The Morgan fingerprint density at radius 1 is 1.02 bits per heavy atom. The van der Waals surface area contributed by atoms with Crippen molar-refractivity contribution in [3.05, 3.63) is 58.8 Å². The van der Waals surface area contributed by atoms with Crippen molar-refractivity contribution in [1.82, 2.24) is 25.5 Å². The lowest BCUT2D eigenvalue weighted by Gasteiger charge is -2.56. The van der Waals surface area contributed by atoms with Crippen LogP contribution in [0.3, 0.4) is 0 Å². The number of aromatic nitrogens is 2. The number of carbonyl (C=O) groups excluding carboxylic acids is 5. The average Bonchev–Trinajstić information content (AvgIpc) is 2.96. The Balaban J connectivity index is 1.25. The monoisotopic (exact) mass is 590 g/mol. The van der Waals surface area contributed by atoms with Crippen LogP contribution in [0.1, 0.15) is 68.6 Å². The second-order valence-electron chi connectivity index (χ2n) is 12.2. The highest BCUT2D eigenvalue weighted by Gasteiger charge is 2.51. The number of Topliss-reactive ketones (excluding diaryl/α,β-unsaturated/α-hetero) is 1. The van der Waals surface area contributed by atoms with Crippen LogP contribution in [0.5, 0.6) is 0 Å². The zero-order valence-corrected chi connectivity index (χ0v) is 24.3. The number of rotatable bonds is 12. The molecule has 228 valence electrons. The Morgan fingerprint density at radius 2 is 1.72 bits per heavy atom. The van der Waals surface area contributed by atoms with E-state index in [1.54, 1.807) is 19.1 Å². The number of nitrogens with one attached hydrogen (secondary N) is 4. The lowest BCUT2D eigenvalue weighted by molar-refractivity contribution is -0.138. The summed E-state index contributed by atoms with van der Waals surface area (Å²) in [6.07, 6.45) is 10.6. The zero-order valence-electron chi connectivity index (χ0n) is 24.3. The highest BCUT2D eigenvalue weighted by atomic mass is 16.2. The van der Waals surface area contributed by atoms with Crippen molar-refractivity contribution in [2.75, 3.05) is 11.9 Å². The Labute approximate surface area is 249 Å². The average molecular weight is 591 g/mol. The van der Waals surface area contributed by atoms with E-state index >= 15 is 0 Å². The molecule has 4 N–H and O–H groups in total. The van der Waals surface area contributed by atoms with E-state index < -0.39 is 35.1 Å². The van der Waals surface area contributed by atoms with Gasteiger partial charge >= 0.3 is 0 Å². The van der Waals surface area contributed by atoms with E-state index in [9.17, 15) is 28.8 Å². The highest BCUT2D eigenvalue weighted by Crippen LogP contribution is 2.55. The van der Waals surface area contributed by atoms with Gasteiger partial charge in [0.15, 0.2) is 0 Å². The molecule has 6 rings (SSSR count). The fourth-order valence-electron chi connectivity index (χ4n) is 7.39. The van der Waals surface area contributed by atoms with Crippen LogP contribution in [0.4, 0.5) is 5.69 Å². The van der Waals surface area contributed by atoms with Gasteiger partial charge in [0.2, 0.25) is 17.6 Å². The molecular weight excluding hydrogens is 552 g/mol. The predicted molar refractivity (Wildman–Crippen MR) is 157 cm³/mol. The van der Waals surface area contributed by atoms with Crippen LogP contribution in [-0.2, 0) is 25.7 Å². The molecule has 0 spiro atoms. The van der Waals surface area contributed by atoms with Crippen molar-refractivity contribution < 1.29 is 24.0 Å². The minimum atomic E-state index is -1.24. The molecule has 4 saturated carbocycles. The summed E-state index contributed by atoms with van der Waals surface area (Å²) in [6.45, 7) is 1.76. The van der Waals surface area contributed by atoms with Gasteiger partial charge < -0.3 is 25.8 Å². The first-order valence-corrected chi connectivity index (χ1v) is 15.0. The third-order valence-corrected chi connectivity index (χ3v) is 8.83. The molecular formula is C31H38N6O6. The van der Waals surface area contributed by atoms with Gasteiger partial charge in [0.05, 0.1) is 5.56 Å². The Kier molecular flexibility index (Phi) is 9.02. The number of amides is 4. The molecule has 4 aliphatic carbocycles. The van der Waals surface area contributed by atoms with E-state index in [0.29, 0.717) is 17.8 Å². The first-order valence-electron chi connectivity index (χ1n) is 15.0. The molecule has 0 saturated heterocycles. The van der Waals surface area contributed by atoms with Gasteiger partial charge in [-0.15, -0.1) is 0 Å². The van der Waals surface area contributed by atoms with Gasteiger partial charge in [-0.1, -0.05) is 0 Å². The van der Waals surface area contributed by atoms with Crippen LogP contribution in [0, 0.1) is 17.8 Å². The van der Waals surface area contributed by atoms with Crippen molar-refractivity contribution in [1.29, 1.82) is 0 Å². The first kappa shape index (κ1) is 30.1. The molecule has 0 unspecified atom stereocenters. The molecule has 12 heteroatoms. The molecule has 4 fully saturated rings. The summed E-state index contributed by atoms with van der Waals surface area (Å²) in [6, 6.07) is 4.80. The largest absolute Gasteiger partial charge is 0.350 e. The number of nitrogens with zero attached hydrogens (tertiary/aromatic N) is 2. The summed E-state index contributed by atoms with van der Waals surface area (Å²) >= 11 is 0. The molecule has 1 atom stereocenters. The van der Waals surface area contributed by atoms with Crippen LogP contribution < -0.4 is 26.8 Å². The molecule has 0 aromatic carbocycles. The molecule has 12 nitrogen and oxygen atoms in total. The Morgan fingerprint density at radius 3 is 2.35 bits per heavy atom. The second-order valence-corrected chi connectivity index (χ2v) is 12.2. The van der Waals surface area contributed by atoms with E-state index in [1.807, 2.05) is 0 Å². The van der Waals surface area contributed by atoms with Crippen molar-refractivity contribution in [2.45, 2.75) is 76.4 Å². The fraction of sp³-hybridized carbons (Fsp3) is 0.516. The molecule has 4 amide bonds. The smallest absolute Gasteiger partial charge is 0.287 e. The quantitative estimate of drug-likeness (QED) is 0.272. The SMILES string of the molecule is CCNC(=O)C(=O)CC[C@H](NC(=O)c1cccnc1)C(=O)Nc1cccn(CC(=O)NC23CC4CC(CC(C4)C2)C3)c1=O. The number of hydrogen-bond donors (Lipinski definition) is 4. The third kappa shape index (κ3) is 7.18. The van der Waals surface area contributed by atoms with Crippen LogP contribution in [-0.4, -0.2) is 57.1 Å². The van der Waals surface area contributed by atoms with Crippen molar-refractivity contribution >= 4 is 35.1 Å². The van der Waals surface area contributed by atoms with Crippen LogP contribution in [0.15, 0.2) is 47.7 Å². The van der Waals surface area contributed by atoms with Crippen LogP contribution >= 0.6 is 0 Å². The van der Waals surface area contributed by atoms with Gasteiger partial charge in [0, 0.05) is 37.1 Å². The second kappa shape index (κ2) is 12.9. The van der Waals surface area contributed by atoms with Crippen LogP contribution in [0.2, 0.25) is 0 Å². The summed E-state index contributed by atoms with van der Waals surface area (Å²) in [5, 5.41) is 10.8. The summed E-state index contributed by atoms with van der Waals surface area (Å²) < 4.78 is 1.24. The molecule has 0 radical (unpaired) electrons. The van der Waals surface area contributed by atoms with Gasteiger partial charge in [-0.2, -0.15) is 0 Å². The van der Waals surface area contributed by atoms with Crippen molar-refractivity contribution in [3.8, 4) is 0 Å². The number of anilines is 1. The number of carbonyl (C=O) groups is 5. The Bertz CT molecular complexity index is 1420. The lowest BCUT2D eigenvalue weighted by Crippen LogP contribution is -2.60. The van der Waals surface area contributed by atoms with E-state index in [2.05, 4.69) is 26.3 Å². The van der Waals surface area contributed by atoms with E-state index in [1.165, 1.54) is 54.6 Å². The summed E-state index contributed by atoms with van der Waals surface area (Å²) in [5.41, 5.74) is -0.646. The third-order valence-electron chi connectivity index (χ3n) is 8.83. The van der Waals surface area contributed by atoms with E-state index in [0.717, 1.165) is 19.3 Å². The lowest BCUT2D eigenvalue weighted by atomic mass is 9.53. The number of likely N-dealkylation sites (N-methyl/N-ethyl adjacent to an activating group) is 1. The molecule has 2 heterocycles. The van der Waals surface area contributed by atoms with Gasteiger partial charge in [0.25, 0.3) is 17.4 Å². The number of pyridine rings is 2. The number of ketones is 1. The minimum absolute atomic E-state index is 0.0780. The Hall–Kier alpha value is -4.35. The summed E-state index contributed by atoms with van der Waals surface area (Å²) in [5.74, 6) is -1.11. The minimum Gasteiger partial charge on any atom is -0.350 e. The molecule has 4 aliphatic rings. The molecule has 0 aliphatic heterocycles. The maximum Gasteiger partial charge on any atom is 0.287 e. The molecule has 2 aromatic heterocycles. The first-order chi connectivity index (χ1) is 20.6. The molecule has 4 bridgehead atoms. The highest BCUT2D eigenvalue weighted by molar-refractivity contribution is 6.36. The molecule has 43 heavy (non-hydrogen) atoms. The van der Waals surface area contributed by atoms with Gasteiger partial charge in [-0.3, -0.25) is 33.8 Å². The fourth-order valence-corrected chi connectivity index (χ4v) is 7.39. The van der Waals surface area contributed by atoms with Gasteiger partial charge in [-0.25, -0.2) is 0 Å². The van der Waals surface area contributed by atoms with Crippen LogP contribution in [0.25, 0.3) is 0 Å². The summed E-state index contributed by atoms with van der Waals surface area (Å²) in [7, 11) is 0. The van der Waals surface area contributed by atoms with Crippen molar-refractivity contribution in [2.24, 2.45) is 17.8 Å². The van der Waals surface area contributed by atoms with Gasteiger partial charge in [0.1, 0.15) is 18.3 Å². The number of hydrogen-bond acceptors (Lipinski definition) is 7. The maximum absolute atomic E-state index is 13.3. The van der Waals surface area contributed by atoms with Gasteiger partial charge in [-0.05, 0) is 93.9 Å². The predicted octanol–water partition coefficient (Wildman–Crippen LogP) is 1.55. The zero-order chi connectivity index (χ0) is 30.6. The van der Waals surface area contributed by atoms with E-state index in [-0.39, 0.29) is 48.6 Å². The standard InChI is InChI=1S/C31H38N6O6/c1-2-33-29(42)25(38)8-7-23(34-27(40)22-5-3-9-32-17-22)28(41)35-24-6-4-10-37(30(24)43)18-26(39)36-31-14-19-11-20(15-31)13-21(12-19)16-31/h3-6,9-10,17,19-21,23H,2,7-8,11-16,18H2,1H3,(H,33,42)(H,34,40)(H,35,41)(H,36,39)/t19?,20?,21?,23-,31?/m0/s1. The van der Waals surface area contributed by atoms with Crippen molar-refractivity contribution in [3.63, 3.8) is 0 Å². The topological polar surface area (TPSA) is 168 Å².